The summed E-state index contributed by atoms with van der Waals surface area (Å²) in [6.07, 6.45) is 23.6. The second-order valence-electron chi connectivity index (χ2n) is 16.9. The van der Waals surface area contributed by atoms with Crippen LogP contribution >= 0.6 is 23.5 Å². The molecule has 49 heavy (non-hydrogen) atoms. The fraction of sp³-hybridized carbons (Fsp3) is 0.767. The first kappa shape index (κ1) is 42.3. The van der Waals surface area contributed by atoms with Crippen molar-refractivity contribution in [3.05, 3.63) is 23.3 Å². The molecule has 0 bridgehead atoms. The third kappa shape index (κ3) is 12.3. The number of unbranched alkanes of at least 4 members (excludes halogenated alkanes) is 8. The average Bonchev–Trinajstić information content (AvgIpc) is 3.71. The van der Waals surface area contributed by atoms with Gasteiger partial charge in [-0.15, -0.1) is 0 Å². The minimum atomic E-state index is -2.16. The molecule has 2 nitrogen and oxygen atoms in total. The molecule has 278 valence electrons. The Kier molecular flexibility index (Phi) is 18.6. The molecule has 2 aliphatic heterocycles. The van der Waals surface area contributed by atoms with E-state index in [2.05, 4.69) is 88.0 Å². The van der Waals surface area contributed by atoms with E-state index < -0.39 is 38.1 Å². The van der Waals surface area contributed by atoms with Crippen LogP contribution in [0.15, 0.2) is 21.9 Å². The van der Waals surface area contributed by atoms with Crippen molar-refractivity contribution in [1.29, 1.82) is 0 Å². The molecule has 6 heteroatoms. The normalized spacial score (nSPS) is 18.7. The van der Waals surface area contributed by atoms with Crippen molar-refractivity contribution in [2.45, 2.75) is 184 Å². The molecule has 0 fully saturated rings. The number of benzene rings is 2. The van der Waals surface area contributed by atoms with E-state index in [1.807, 2.05) is 0 Å². The van der Waals surface area contributed by atoms with Crippen molar-refractivity contribution in [2.75, 3.05) is 13.2 Å². The summed E-state index contributed by atoms with van der Waals surface area (Å²) in [5, 5.41) is 2.72. The van der Waals surface area contributed by atoms with Crippen LogP contribution in [0.1, 0.15) is 142 Å². The van der Waals surface area contributed by atoms with Crippen molar-refractivity contribution >= 4 is 72.4 Å². The van der Waals surface area contributed by atoms with Crippen molar-refractivity contribution in [2.24, 2.45) is 11.8 Å². The Labute approximate surface area is 323 Å². The van der Waals surface area contributed by atoms with Gasteiger partial charge in [0.2, 0.25) is 0 Å². The zero-order valence-electron chi connectivity index (χ0n) is 33.2. The molecular weight excluding hydrogens is 850 g/mol. The fourth-order valence-electron chi connectivity index (χ4n) is 7.74. The maximum atomic E-state index is 7.24. The number of fused-ring (bicyclic) bond motifs is 3. The Morgan fingerprint density at radius 3 is 1.53 bits per heavy atom. The molecular formula is C43H73O2S2Sn2-. The van der Waals surface area contributed by atoms with Gasteiger partial charge in [0.1, 0.15) is 0 Å². The second kappa shape index (κ2) is 21.5. The summed E-state index contributed by atoms with van der Waals surface area (Å²) in [6, 6.07) is 5.15. The summed E-state index contributed by atoms with van der Waals surface area (Å²) >= 11 is 0.825. The number of hydrogen-bond donors (Lipinski definition) is 0. The number of hydrogen-bond acceptors (Lipinski definition) is 4. The first-order valence-electron chi connectivity index (χ1n) is 20.6. The second-order valence-corrected chi connectivity index (χ2v) is 45.4. The molecule has 0 N–H and O–H groups in total. The summed E-state index contributed by atoms with van der Waals surface area (Å²) in [4.78, 5) is 16.1. The molecule has 0 radical (unpaired) electrons. The predicted molar refractivity (Wildman–Crippen MR) is 226 cm³/mol. The van der Waals surface area contributed by atoms with Crippen LogP contribution in [-0.2, 0) is 12.8 Å². The van der Waals surface area contributed by atoms with Gasteiger partial charge in [-0.3, -0.25) is 0 Å². The van der Waals surface area contributed by atoms with Gasteiger partial charge in [0.15, 0.2) is 0 Å². The molecule has 0 amide bonds. The maximum absolute atomic E-state index is 7.24. The molecule has 4 atom stereocenters. The van der Waals surface area contributed by atoms with Gasteiger partial charge in [-0.25, -0.2) is 0 Å². The van der Waals surface area contributed by atoms with E-state index in [0.29, 0.717) is 11.8 Å². The molecule has 4 rings (SSSR count). The average molecular weight is 924 g/mol. The standard InChI is InChI=1S/C38H58O2S2.5CH3.2Sn/c1-5-9-13-15-19-29(17-11-7-3)27-39-37-31-21-23-41-35(31)26-34-33(37)25-36-32(22-24-42-36)38(34)40-28-30(18-12-8-4)20-16-14-10-6-2;;;;;;;/h23-26,29-30H,5-22,27-28H2,1-4H3;5*1H3;;/q;;;;;;;-1. The van der Waals surface area contributed by atoms with Crippen LogP contribution in [0.3, 0.4) is 0 Å². The molecule has 4 unspecified atom stereocenters. The predicted octanol–water partition coefficient (Wildman–Crippen LogP) is 14.4. The third-order valence-electron chi connectivity index (χ3n) is 11.2. The summed E-state index contributed by atoms with van der Waals surface area (Å²) in [6.45, 7) is 11.1. The van der Waals surface area contributed by atoms with Gasteiger partial charge in [0.05, 0.1) is 0 Å². The number of ether oxygens (including phenoxy) is 2. The van der Waals surface area contributed by atoms with Crippen molar-refractivity contribution in [3.8, 4) is 11.5 Å². The first-order chi connectivity index (χ1) is 23.6. The number of rotatable bonds is 24. The Balaban J connectivity index is 1.75. The van der Waals surface area contributed by atoms with Crippen molar-refractivity contribution < 1.29 is 9.47 Å². The zero-order valence-corrected chi connectivity index (χ0v) is 40.6. The molecule has 0 aliphatic carbocycles. The number of thioether (sulfide) groups is 2. The van der Waals surface area contributed by atoms with Crippen LogP contribution in [0.25, 0.3) is 10.8 Å². The molecule has 0 saturated carbocycles. The van der Waals surface area contributed by atoms with E-state index in [-0.39, 0.29) is 0 Å². The fourth-order valence-corrected chi connectivity index (χ4v) is 21.7. The Morgan fingerprint density at radius 2 is 1.08 bits per heavy atom. The van der Waals surface area contributed by atoms with E-state index in [1.54, 1.807) is 0 Å². The van der Waals surface area contributed by atoms with Crippen LogP contribution in [0.5, 0.6) is 11.5 Å². The Bertz CT molecular complexity index is 1290. The minimum absolute atomic E-state index is 0.653. The van der Waals surface area contributed by atoms with E-state index >= 15 is 0 Å². The first-order valence-corrected chi connectivity index (χ1v) is 40.0. The van der Waals surface area contributed by atoms with E-state index in [0.717, 1.165) is 19.7 Å². The van der Waals surface area contributed by atoms with Gasteiger partial charge in [-0.1, -0.05) is 13.8 Å². The summed E-state index contributed by atoms with van der Waals surface area (Å²) in [5.41, 5.74) is 3.06. The SMILES string of the molecule is CCCCCCC(CCCC)COc1c2c(cc3c(OCC(CCCC)CCCCCC)c4c(cc13)S[CH]([Sn]([CH3])([CH3])[CH3])C4)S[CH]([Sn-]([CH3])[CH3])C2. The van der Waals surface area contributed by atoms with Crippen molar-refractivity contribution in [1.82, 2.24) is 0 Å². The van der Waals surface area contributed by atoms with E-state index in [4.69, 9.17) is 9.47 Å². The van der Waals surface area contributed by atoms with Gasteiger partial charge in [-0.2, -0.15) is 0 Å². The van der Waals surface area contributed by atoms with Gasteiger partial charge >= 0.3 is 312 Å². The van der Waals surface area contributed by atoms with E-state index in [1.165, 1.54) is 159 Å². The zero-order chi connectivity index (χ0) is 35.4. The Morgan fingerprint density at radius 1 is 0.633 bits per heavy atom. The molecule has 2 heterocycles. The quantitative estimate of drug-likeness (QED) is 0.0771. The van der Waals surface area contributed by atoms with Crippen LogP contribution < -0.4 is 9.47 Å². The van der Waals surface area contributed by atoms with Gasteiger partial charge < -0.3 is 0 Å². The monoisotopic (exact) mass is 925 g/mol. The summed E-state index contributed by atoms with van der Waals surface area (Å²) < 4.78 is 16.1. The summed E-state index contributed by atoms with van der Waals surface area (Å²) in [5.74, 6) is 3.78. The van der Waals surface area contributed by atoms with Crippen LogP contribution in [0.4, 0.5) is 0 Å². The van der Waals surface area contributed by atoms with Gasteiger partial charge in [-0.05, 0) is 0 Å². The molecule has 0 saturated heterocycles. The van der Waals surface area contributed by atoms with Crippen LogP contribution in [0.2, 0.25) is 24.7 Å². The molecule has 2 aromatic carbocycles. The van der Waals surface area contributed by atoms with Crippen LogP contribution in [-0.4, -0.2) is 57.9 Å². The van der Waals surface area contributed by atoms with Gasteiger partial charge in [0, 0.05) is 0 Å². The third-order valence-corrected chi connectivity index (χ3v) is 33.6. The molecule has 0 aromatic heterocycles. The summed E-state index contributed by atoms with van der Waals surface area (Å²) in [7, 11) is 0. The Hall–Kier alpha value is 0.597. The van der Waals surface area contributed by atoms with Crippen molar-refractivity contribution in [3.63, 3.8) is 0 Å². The topological polar surface area (TPSA) is 18.5 Å². The molecule has 2 aliphatic rings. The van der Waals surface area contributed by atoms with Crippen LogP contribution in [0, 0.1) is 11.8 Å². The van der Waals surface area contributed by atoms with Gasteiger partial charge in [0.25, 0.3) is 0 Å². The molecule has 0 spiro atoms. The molecule has 2 aromatic rings. The van der Waals surface area contributed by atoms with E-state index in [9.17, 15) is 0 Å².